The van der Waals surface area contributed by atoms with E-state index in [0.717, 1.165) is 19.3 Å². The van der Waals surface area contributed by atoms with E-state index in [9.17, 15) is 22.0 Å². The standard InChI is InChI=1S/C16H15F5/c17-12-11(13(18)15(20)16(21)14(12)19)3-1-2-9-6-8-4-5-10(9)7-8/h4-5,8-10H,1-3,6-7H2. The van der Waals surface area contributed by atoms with E-state index in [1.165, 1.54) is 0 Å². The average molecular weight is 302 g/mol. The minimum atomic E-state index is -2.09. The number of halogens is 5. The first-order valence-electron chi connectivity index (χ1n) is 7.17. The molecule has 1 fully saturated rings. The van der Waals surface area contributed by atoms with Crippen LogP contribution < -0.4 is 0 Å². The van der Waals surface area contributed by atoms with Gasteiger partial charge in [0.1, 0.15) is 0 Å². The smallest absolute Gasteiger partial charge is 0.200 e. The maximum Gasteiger partial charge on any atom is 0.200 e. The van der Waals surface area contributed by atoms with Crippen molar-refractivity contribution in [1.82, 2.24) is 0 Å². The van der Waals surface area contributed by atoms with Crippen molar-refractivity contribution < 1.29 is 22.0 Å². The lowest BCUT2D eigenvalue weighted by Gasteiger charge is -2.18. The first-order valence-corrected chi connectivity index (χ1v) is 7.17. The zero-order chi connectivity index (χ0) is 15.1. The van der Waals surface area contributed by atoms with E-state index in [2.05, 4.69) is 12.2 Å². The Labute approximate surface area is 119 Å². The van der Waals surface area contributed by atoms with Gasteiger partial charge in [-0.3, -0.25) is 0 Å². The first kappa shape index (κ1) is 14.5. The van der Waals surface area contributed by atoms with Crippen LogP contribution in [0.15, 0.2) is 12.2 Å². The molecule has 0 spiro atoms. The topological polar surface area (TPSA) is 0 Å². The summed E-state index contributed by atoms with van der Waals surface area (Å²) in [7, 11) is 0. The molecule has 1 saturated carbocycles. The molecule has 2 bridgehead atoms. The molecular weight excluding hydrogens is 287 g/mol. The third kappa shape index (κ3) is 2.47. The predicted octanol–water partition coefficient (Wildman–Crippen LogP) is 4.92. The van der Waals surface area contributed by atoms with Crippen LogP contribution in [-0.4, -0.2) is 0 Å². The van der Waals surface area contributed by atoms with Crippen LogP contribution in [0.5, 0.6) is 0 Å². The first-order chi connectivity index (χ1) is 9.99. The van der Waals surface area contributed by atoms with Gasteiger partial charge in [-0.1, -0.05) is 12.2 Å². The minimum Gasteiger partial charge on any atom is -0.203 e. The predicted molar refractivity (Wildman–Crippen MR) is 68.0 cm³/mol. The maximum absolute atomic E-state index is 13.5. The van der Waals surface area contributed by atoms with E-state index in [4.69, 9.17) is 0 Å². The Morgan fingerprint density at radius 1 is 0.810 bits per heavy atom. The molecule has 0 nitrogen and oxygen atoms in total. The van der Waals surface area contributed by atoms with Crippen LogP contribution in [0.4, 0.5) is 22.0 Å². The van der Waals surface area contributed by atoms with Crippen LogP contribution in [0.1, 0.15) is 31.2 Å². The Morgan fingerprint density at radius 2 is 1.43 bits per heavy atom. The molecule has 3 unspecified atom stereocenters. The van der Waals surface area contributed by atoms with Gasteiger partial charge < -0.3 is 0 Å². The summed E-state index contributed by atoms with van der Waals surface area (Å²) in [6, 6.07) is 0. The number of rotatable bonds is 4. The summed E-state index contributed by atoms with van der Waals surface area (Å²) in [6.07, 6.45) is 7.64. The Hall–Kier alpha value is -1.39. The fourth-order valence-electron chi connectivity index (χ4n) is 3.64. The normalized spacial score (nSPS) is 26.8. The van der Waals surface area contributed by atoms with Gasteiger partial charge in [-0.05, 0) is 49.9 Å². The second-order valence-corrected chi connectivity index (χ2v) is 5.98. The zero-order valence-electron chi connectivity index (χ0n) is 11.3. The number of hydrogen-bond acceptors (Lipinski definition) is 0. The van der Waals surface area contributed by atoms with E-state index >= 15 is 0 Å². The van der Waals surface area contributed by atoms with E-state index in [0.29, 0.717) is 24.2 Å². The van der Waals surface area contributed by atoms with E-state index < -0.39 is 34.6 Å². The molecule has 21 heavy (non-hydrogen) atoms. The fourth-order valence-corrected chi connectivity index (χ4v) is 3.64. The quantitative estimate of drug-likeness (QED) is 0.320. The van der Waals surface area contributed by atoms with Gasteiger partial charge in [-0.25, -0.2) is 22.0 Å². The molecule has 0 N–H and O–H groups in total. The number of hydrogen-bond donors (Lipinski definition) is 0. The SMILES string of the molecule is Fc1c(F)c(F)c(CCCC2CC3C=CC2C3)c(F)c1F. The molecule has 0 aliphatic heterocycles. The second-order valence-electron chi connectivity index (χ2n) is 5.98. The summed E-state index contributed by atoms with van der Waals surface area (Å²) in [4.78, 5) is 0. The minimum absolute atomic E-state index is 0.122. The average Bonchev–Trinajstić information content (AvgIpc) is 3.09. The Bertz CT molecular complexity index is 564. The maximum atomic E-state index is 13.5. The number of allylic oxidation sites excluding steroid dienone is 2. The summed E-state index contributed by atoms with van der Waals surface area (Å²) < 4.78 is 66.1. The van der Waals surface area contributed by atoms with Crippen LogP contribution in [0.25, 0.3) is 0 Å². The molecule has 1 aromatic rings. The lowest BCUT2D eigenvalue weighted by atomic mass is 9.88. The lowest BCUT2D eigenvalue weighted by Crippen LogP contribution is -2.10. The summed E-state index contributed by atoms with van der Waals surface area (Å²) >= 11 is 0. The molecule has 2 aliphatic rings. The van der Waals surface area contributed by atoms with Crippen molar-refractivity contribution in [2.24, 2.45) is 17.8 Å². The van der Waals surface area contributed by atoms with Gasteiger partial charge in [0, 0.05) is 5.56 Å². The Balaban J connectivity index is 1.67. The molecule has 0 aromatic heterocycles. The summed E-state index contributed by atoms with van der Waals surface area (Å²) in [5.74, 6) is -7.59. The molecule has 1 aromatic carbocycles. The van der Waals surface area contributed by atoms with Gasteiger partial charge in [0.25, 0.3) is 0 Å². The van der Waals surface area contributed by atoms with Crippen molar-refractivity contribution in [2.45, 2.75) is 32.1 Å². The van der Waals surface area contributed by atoms with Crippen LogP contribution in [0.3, 0.4) is 0 Å². The molecule has 0 radical (unpaired) electrons. The third-order valence-electron chi connectivity index (χ3n) is 4.72. The van der Waals surface area contributed by atoms with Crippen LogP contribution in [0, 0.1) is 46.8 Å². The lowest BCUT2D eigenvalue weighted by molar-refractivity contribution is 0.363. The van der Waals surface area contributed by atoms with Crippen LogP contribution in [-0.2, 0) is 6.42 Å². The van der Waals surface area contributed by atoms with Crippen molar-refractivity contribution in [3.63, 3.8) is 0 Å². The molecule has 3 rings (SSSR count). The Morgan fingerprint density at radius 3 is 1.95 bits per heavy atom. The van der Waals surface area contributed by atoms with E-state index in [1.54, 1.807) is 0 Å². The number of fused-ring (bicyclic) bond motifs is 2. The zero-order valence-corrected chi connectivity index (χ0v) is 11.3. The number of benzene rings is 1. The highest BCUT2D eigenvalue weighted by molar-refractivity contribution is 5.24. The van der Waals surface area contributed by atoms with Gasteiger partial charge >= 0.3 is 0 Å². The van der Waals surface area contributed by atoms with Gasteiger partial charge in [-0.2, -0.15) is 0 Å². The summed E-state index contributed by atoms with van der Waals surface area (Å²) in [5, 5.41) is 0. The van der Waals surface area contributed by atoms with Crippen molar-refractivity contribution in [3.8, 4) is 0 Å². The van der Waals surface area contributed by atoms with E-state index in [-0.39, 0.29) is 6.42 Å². The summed E-state index contributed by atoms with van der Waals surface area (Å²) in [6.45, 7) is 0. The summed E-state index contributed by atoms with van der Waals surface area (Å²) in [5.41, 5.74) is -0.690. The second kappa shape index (κ2) is 5.43. The van der Waals surface area contributed by atoms with Gasteiger partial charge in [0.15, 0.2) is 23.3 Å². The van der Waals surface area contributed by atoms with Crippen molar-refractivity contribution in [2.75, 3.05) is 0 Å². The molecule has 2 aliphatic carbocycles. The monoisotopic (exact) mass is 302 g/mol. The van der Waals surface area contributed by atoms with Crippen LogP contribution >= 0.6 is 0 Å². The highest BCUT2D eigenvalue weighted by atomic mass is 19.2. The van der Waals surface area contributed by atoms with Crippen LogP contribution in [0.2, 0.25) is 0 Å². The molecule has 0 amide bonds. The molecule has 0 saturated heterocycles. The fraction of sp³-hybridized carbons (Fsp3) is 0.500. The van der Waals surface area contributed by atoms with E-state index in [1.807, 2.05) is 0 Å². The van der Waals surface area contributed by atoms with Crippen molar-refractivity contribution >= 4 is 0 Å². The van der Waals surface area contributed by atoms with Gasteiger partial charge in [0.05, 0.1) is 0 Å². The third-order valence-corrected chi connectivity index (χ3v) is 4.72. The molecule has 114 valence electrons. The van der Waals surface area contributed by atoms with Gasteiger partial charge in [-0.15, -0.1) is 0 Å². The highest BCUT2D eigenvalue weighted by Gasteiger charge is 2.35. The van der Waals surface area contributed by atoms with Gasteiger partial charge in [0.2, 0.25) is 5.82 Å². The molecular formula is C16H15F5. The molecule has 5 heteroatoms. The van der Waals surface area contributed by atoms with Crippen molar-refractivity contribution in [1.29, 1.82) is 0 Å². The Kier molecular flexibility index (Phi) is 3.76. The van der Waals surface area contributed by atoms with Crippen molar-refractivity contribution in [3.05, 3.63) is 46.8 Å². The highest BCUT2D eigenvalue weighted by Crippen LogP contribution is 2.45. The largest absolute Gasteiger partial charge is 0.203 e. The molecule has 3 atom stereocenters. The molecule has 0 heterocycles.